The van der Waals surface area contributed by atoms with Gasteiger partial charge in [0, 0.05) is 29.1 Å². The minimum atomic E-state index is -0.524. The molecule has 0 aliphatic carbocycles. The first-order valence-electron chi connectivity index (χ1n) is 9.72. The lowest BCUT2D eigenvalue weighted by Gasteiger charge is -2.10. The topological polar surface area (TPSA) is 66.9 Å². The van der Waals surface area contributed by atoms with Gasteiger partial charge in [-0.3, -0.25) is 4.79 Å². The summed E-state index contributed by atoms with van der Waals surface area (Å²) in [5.41, 5.74) is 3.87. The van der Waals surface area contributed by atoms with Crippen LogP contribution in [0.1, 0.15) is 16.9 Å². The van der Waals surface area contributed by atoms with Crippen molar-refractivity contribution in [3.8, 4) is 11.1 Å². The van der Waals surface area contributed by atoms with E-state index in [0.717, 1.165) is 26.2 Å². The van der Waals surface area contributed by atoms with Crippen molar-refractivity contribution in [1.29, 1.82) is 0 Å². The minimum Gasteiger partial charge on any atom is -0.369 e. The molecule has 5 nitrogen and oxygen atoms in total. The molecule has 158 valence electrons. The van der Waals surface area contributed by atoms with E-state index in [1.54, 1.807) is 11.3 Å². The monoisotopic (exact) mass is 454 g/mol. The van der Waals surface area contributed by atoms with Crippen molar-refractivity contribution in [3.05, 3.63) is 70.1 Å². The maximum Gasteiger partial charge on any atom is 0.226 e. The van der Waals surface area contributed by atoms with Crippen LogP contribution in [0.4, 0.5) is 15.9 Å². The van der Waals surface area contributed by atoms with Gasteiger partial charge in [0.05, 0.1) is 10.4 Å². The van der Waals surface area contributed by atoms with E-state index in [9.17, 15) is 9.18 Å². The third kappa shape index (κ3) is 4.68. The van der Waals surface area contributed by atoms with E-state index in [1.807, 2.05) is 0 Å². The number of rotatable bonds is 6. The van der Waals surface area contributed by atoms with Crippen molar-refractivity contribution in [2.24, 2.45) is 0 Å². The number of anilines is 2. The third-order valence-electron chi connectivity index (χ3n) is 4.85. The number of benzene rings is 2. The molecule has 0 atom stereocenters. The number of amides is 1. The number of carbonyl (C=O) groups is 1. The zero-order valence-corrected chi connectivity index (χ0v) is 18.6. The predicted molar refractivity (Wildman–Crippen MR) is 125 cm³/mol. The second kappa shape index (κ2) is 8.99. The average Bonchev–Trinajstić information content (AvgIpc) is 3.08. The first-order valence-corrected chi connectivity index (χ1v) is 10.9. The van der Waals surface area contributed by atoms with Crippen LogP contribution in [0.2, 0.25) is 5.02 Å². The number of carbonyl (C=O) groups excluding carboxylic acids is 1. The maximum absolute atomic E-state index is 13.3. The summed E-state index contributed by atoms with van der Waals surface area (Å²) >= 11 is 7.38. The van der Waals surface area contributed by atoms with Crippen LogP contribution in [0.3, 0.4) is 0 Å². The molecule has 0 saturated carbocycles. The number of thiophene rings is 1. The van der Waals surface area contributed by atoms with Gasteiger partial charge in [-0.2, -0.15) is 0 Å². The Labute approximate surface area is 188 Å². The van der Waals surface area contributed by atoms with E-state index in [0.29, 0.717) is 18.1 Å². The van der Waals surface area contributed by atoms with Crippen LogP contribution in [0.5, 0.6) is 0 Å². The average molecular weight is 455 g/mol. The van der Waals surface area contributed by atoms with Crippen LogP contribution in [0.15, 0.2) is 48.8 Å². The molecule has 2 aromatic heterocycles. The number of hydrogen-bond donors (Lipinski definition) is 2. The summed E-state index contributed by atoms with van der Waals surface area (Å²) < 4.78 is 13.3. The summed E-state index contributed by atoms with van der Waals surface area (Å²) in [4.78, 5) is 23.2. The smallest absolute Gasteiger partial charge is 0.226 e. The van der Waals surface area contributed by atoms with E-state index in [-0.39, 0.29) is 17.4 Å². The van der Waals surface area contributed by atoms with E-state index in [2.05, 4.69) is 58.7 Å². The van der Waals surface area contributed by atoms with Crippen molar-refractivity contribution in [2.45, 2.75) is 20.3 Å². The molecular weight excluding hydrogens is 435 g/mol. The van der Waals surface area contributed by atoms with Gasteiger partial charge in [-0.15, -0.1) is 11.3 Å². The molecule has 2 aromatic carbocycles. The van der Waals surface area contributed by atoms with Crippen molar-refractivity contribution in [3.63, 3.8) is 0 Å². The molecule has 0 radical (unpaired) electrons. The molecule has 0 saturated heterocycles. The van der Waals surface area contributed by atoms with Crippen LogP contribution in [-0.4, -0.2) is 22.4 Å². The molecule has 0 unspecified atom stereocenters. The molecule has 0 aliphatic heterocycles. The molecule has 0 aliphatic rings. The highest BCUT2D eigenvalue weighted by atomic mass is 35.5. The van der Waals surface area contributed by atoms with Crippen LogP contribution in [-0.2, 0) is 4.79 Å². The number of aromatic nitrogens is 2. The third-order valence-corrected chi connectivity index (χ3v) is 6.16. The minimum absolute atomic E-state index is 0.0317. The van der Waals surface area contributed by atoms with Gasteiger partial charge < -0.3 is 10.6 Å². The Morgan fingerprint density at radius 3 is 2.65 bits per heavy atom. The number of nitrogens with one attached hydrogen (secondary N) is 2. The second-order valence-electron chi connectivity index (χ2n) is 7.16. The quantitative estimate of drug-likeness (QED) is 0.363. The molecule has 2 N–H and O–H groups in total. The fraction of sp³-hybridized carbons (Fsp3) is 0.174. The lowest BCUT2D eigenvalue weighted by molar-refractivity contribution is -0.115. The molecule has 4 aromatic rings. The Balaban J connectivity index is 1.50. The Bertz CT molecular complexity index is 1260. The lowest BCUT2D eigenvalue weighted by Crippen LogP contribution is -2.16. The van der Waals surface area contributed by atoms with Crippen LogP contribution < -0.4 is 10.6 Å². The van der Waals surface area contributed by atoms with E-state index < -0.39 is 5.82 Å². The number of fused-ring (bicyclic) bond motifs is 1. The van der Waals surface area contributed by atoms with Gasteiger partial charge in [0.2, 0.25) is 5.91 Å². The molecule has 31 heavy (non-hydrogen) atoms. The number of hydrogen-bond acceptors (Lipinski definition) is 5. The van der Waals surface area contributed by atoms with Crippen LogP contribution in [0.25, 0.3) is 21.3 Å². The molecule has 0 bridgehead atoms. The molecule has 4 rings (SSSR count). The number of aryl methyl sites for hydroxylation is 2. The van der Waals surface area contributed by atoms with Gasteiger partial charge in [0.25, 0.3) is 0 Å². The van der Waals surface area contributed by atoms with Gasteiger partial charge in [0.1, 0.15) is 22.8 Å². The van der Waals surface area contributed by atoms with E-state index >= 15 is 0 Å². The fourth-order valence-electron chi connectivity index (χ4n) is 3.34. The van der Waals surface area contributed by atoms with Gasteiger partial charge in [0.15, 0.2) is 0 Å². The summed E-state index contributed by atoms with van der Waals surface area (Å²) in [5.74, 6) is -0.0344. The number of halogens is 2. The highest BCUT2D eigenvalue weighted by molar-refractivity contribution is 7.19. The van der Waals surface area contributed by atoms with Crippen molar-refractivity contribution < 1.29 is 9.18 Å². The van der Waals surface area contributed by atoms with E-state index in [1.165, 1.54) is 30.1 Å². The first kappa shape index (κ1) is 21.2. The Hall–Kier alpha value is -3.03. The predicted octanol–water partition coefficient (Wildman–Crippen LogP) is 6.21. The summed E-state index contributed by atoms with van der Waals surface area (Å²) in [6, 6.07) is 12.5. The van der Waals surface area contributed by atoms with E-state index in [4.69, 9.17) is 11.6 Å². The zero-order valence-electron chi connectivity index (χ0n) is 17.0. The van der Waals surface area contributed by atoms with Gasteiger partial charge in [-0.05, 0) is 37.6 Å². The standard InChI is InChI=1S/C23H20ClFN4OS/c1-13-3-5-15(6-4-13)20-14(2)31-23-21(20)22(27-12-28-23)26-10-9-19(30)29-16-7-8-18(25)17(24)11-16/h3-8,11-12H,9-10H2,1-2H3,(H,29,30)(H,26,27,28). The lowest BCUT2D eigenvalue weighted by atomic mass is 10.0. The largest absolute Gasteiger partial charge is 0.369 e. The van der Waals surface area contributed by atoms with Gasteiger partial charge in [-0.25, -0.2) is 14.4 Å². The van der Waals surface area contributed by atoms with Gasteiger partial charge >= 0.3 is 0 Å². The van der Waals surface area contributed by atoms with Crippen LogP contribution >= 0.6 is 22.9 Å². The summed E-state index contributed by atoms with van der Waals surface area (Å²) in [7, 11) is 0. The first-order chi connectivity index (χ1) is 14.9. The molecular formula is C23H20ClFN4OS. The normalized spacial score (nSPS) is 11.0. The highest BCUT2D eigenvalue weighted by Crippen LogP contribution is 2.40. The fourth-order valence-corrected chi connectivity index (χ4v) is 4.53. The Morgan fingerprint density at radius 1 is 1.13 bits per heavy atom. The summed E-state index contributed by atoms with van der Waals surface area (Å²) in [6.45, 7) is 4.52. The molecule has 8 heteroatoms. The van der Waals surface area contributed by atoms with Crippen molar-refractivity contribution >= 4 is 50.6 Å². The van der Waals surface area contributed by atoms with Crippen molar-refractivity contribution in [2.75, 3.05) is 17.2 Å². The molecule has 2 heterocycles. The Kier molecular flexibility index (Phi) is 6.15. The van der Waals surface area contributed by atoms with Crippen LogP contribution in [0, 0.1) is 19.7 Å². The molecule has 1 amide bonds. The van der Waals surface area contributed by atoms with Gasteiger partial charge in [-0.1, -0.05) is 41.4 Å². The zero-order chi connectivity index (χ0) is 22.0. The molecule has 0 fully saturated rings. The second-order valence-corrected chi connectivity index (χ2v) is 8.77. The summed E-state index contributed by atoms with van der Waals surface area (Å²) in [6.07, 6.45) is 1.74. The SMILES string of the molecule is Cc1ccc(-c2c(C)sc3ncnc(NCCC(=O)Nc4ccc(F)c(Cl)c4)c23)cc1. The maximum atomic E-state index is 13.3. The summed E-state index contributed by atoms with van der Waals surface area (Å²) in [5, 5.41) is 6.91. The number of nitrogens with zero attached hydrogens (tertiary/aromatic N) is 2. The highest BCUT2D eigenvalue weighted by Gasteiger charge is 2.17. The molecule has 0 spiro atoms. The Morgan fingerprint density at radius 2 is 1.90 bits per heavy atom. The van der Waals surface area contributed by atoms with Crippen molar-refractivity contribution in [1.82, 2.24) is 9.97 Å².